The van der Waals surface area contributed by atoms with Crippen molar-refractivity contribution in [1.29, 1.82) is 0 Å². The van der Waals surface area contributed by atoms with Crippen LogP contribution in [0.4, 0.5) is 0 Å². The molecule has 19 heavy (non-hydrogen) atoms. The van der Waals surface area contributed by atoms with E-state index in [1.807, 2.05) is 12.3 Å². The minimum atomic E-state index is -3.22. The number of nitrogens with zero attached hydrogens (tertiary/aromatic N) is 1. The molecular formula is C12H23N3O2S2. The zero-order valence-corrected chi connectivity index (χ0v) is 13.4. The van der Waals surface area contributed by atoms with E-state index < -0.39 is 10.0 Å². The highest BCUT2D eigenvalue weighted by Gasteiger charge is 2.16. The van der Waals surface area contributed by atoms with Crippen molar-refractivity contribution in [1.82, 2.24) is 15.0 Å². The molecule has 0 saturated carbocycles. The van der Waals surface area contributed by atoms with E-state index in [1.165, 1.54) is 11.3 Å². The van der Waals surface area contributed by atoms with E-state index in [0.717, 1.165) is 18.0 Å². The van der Waals surface area contributed by atoms with Crippen molar-refractivity contribution in [3.8, 4) is 0 Å². The van der Waals surface area contributed by atoms with Gasteiger partial charge in [0.05, 0.1) is 11.8 Å². The molecule has 0 aliphatic rings. The summed E-state index contributed by atoms with van der Waals surface area (Å²) in [6.07, 6.45) is 3.22. The number of thiazole rings is 1. The first-order valence-corrected chi connectivity index (χ1v) is 9.06. The highest BCUT2D eigenvalue weighted by molar-refractivity contribution is 7.89. The quantitative estimate of drug-likeness (QED) is 0.684. The lowest BCUT2D eigenvalue weighted by Crippen LogP contribution is -2.30. The fraction of sp³-hybridized carbons (Fsp3) is 0.750. The van der Waals surface area contributed by atoms with E-state index in [0.29, 0.717) is 12.5 Å². The van der Waals surface area contributed by atoms with Crippen molar-refractivity contribution >= 4 is 21.4 Å². The summed E-state index contributed by atoms with van der Waals surface area (Å²) >= 11 is 1.46. The minimum Gasteiger partial charge on any atom is -0.315 e. The molecule has 2 N–H and O–H groups in total. The van der Waals surface area contributed by atoms with Gasteiger partial charge in [0, 0.05) is 17.6 Å². The van der Waals surface area contributed by atoms with E-state index in [-0.39, 0.29) is 11.8 Å². The fourth-order valence-electron chi connectivity index (χ4n) is 1.63. The van der Waals surface area contributed by atoms with Crippen molar-refractivity contribution in [3.05, 3.63) is 16.6 Å². The van der Waals surface area contributed by atoms with Crippen LogP contribution in [0.15, 0.2) is 11.6 Å². The lowest BCUT2D eigenvalue weighted by Gasteiger charge is -2.12. The zero-order valence-electron chi connectivity index (χ0n) is 11.7. The number of hydrogen-bond donors (Lipinski definition) is 2. The SMILES string of the molecule is CC(C)NCCCCS(=O)(=O)NC(C)c1nccs1. The van der Waals surface area contributed by atoms with Crippen LogP contribution in [0.5, 0.6) is 0 Å². The Bertz CT molecular complexity index is 444. The van der Waals surface area contributed by atoms with E-state index >= 15 is 0 Å². The van der Waals surface area contributed by atoms with E-state index in [4.69, 9.17) is 0 Å². The van der Waals surface area contributed by atoms with Crippen molar-refractivity contribution in [3.63, 3.8) is 0 Å². The topological polar surface area (TPSA) is 71.1 Å². The number of aromatic nitrogens is 1. The highest BCUT2D eigenvalue weighted by atomic mass is 32.2. The third-order valence-electron chi connectivity index (χ3n) is 2.57. The minimum absolute atomic E-state index is 0.169. The molecule has 1 atom stereocenters. The van der Waals surface area contributed by atoms with Crippen LogP contribution >= 0.6 is 11.3 Å². The predicted molar refractivity (Wildman–Crippen MR) is 79.8 cm³/mol. The Labute approximate surface area is 119 Å². The highest BCUT2D eigenvalue weighted by Crippen LogP contribution is 2.15. The van der Waals surface area contributed by atoms with Crippen LogP contribution in [0.25, 0.3) is 0 Å². The molecule has 1 heterocycles. The Morgan fingerprint density at radius 1 is 1.32 bits per heavy atom. The molecule has 0 aliphatic carbocycles. The molecule has 5 nitrogen and oxygen atoms in total. The summed E-state index contributed by atoms with van der Waals surface area (Å²) in [4.78, 5) is 4.11. The summed E-state index contributed by atoms with van der Waals surface area (Å²) in [5.41, 5.74) is 0. The first kappa shape index (κ1) is 16.6. The van der Waals surface area contributed by atoms with Crippen molar-refractivity contribution < 1.29 is 8.42 Å². The van der Waals surface area contributed by atoms with Gasteiger partial charge in [-0.05, 0) is 26.3 Å². The molecule has 0 bridgehead atoms. The molecule has 7 heteroatoms. The van der Waals surface area contributed by atoms with Gasteiger partial charge in [-0.25, -0.2) is 18.1 Å². The van der Waals surface area contributed by atoms with Gasteiger partial charge in [-0.3, -0.25) is 0 Å². The molecule has 0 amide bonds. The molecule has 0 radical (unpaired) electrons. The van der Waals surface area contributed by atoms with Gasteiger partial charge in [0.15, 0.2) is 0 Å². The second kappa shape index (κ2) is 7.94. The summed E-state index contributed by atoms with van der Waals surface area (Å²) in [6.45, 7) is 6.83. The number of unbranched alkanes of at least 4 members (excludes halogenated alkanes) is 1. The smallest absolute Gasteiger partial charge is 0.212 e. The Kier molecular flexibility index (Phi) is 6.92. The van der Waals surface area contributed by atoms with Crippen LogP contribution < -0.4 is 10.0 Å². The van der Waals surface area contributed by atoms with Gasteiger partial charge in [-0.2, -0.15) is 0 Å². The van der Waals surface area contributed by atoms with Crippen LogP contribution in [0, 0.1) is 0 Å². The van der Waals surface area contributed by atoms with Crippen LogP contribution in [0.3, 0.4) is 0 Å². The van der Waals surface area contributed by atoms with Gasteiger partial charge < -0.3 is 5.32 Å². The molecule has 0 aromatic carbocycles. The Morgan fingerprint density at radius 2 is 2.05 bits per heavy atom. The Balaban J connectivity index is 2.28. The van der Waals surface area contributed by atoms with E-state index in [9.17, 15) is 8.42 Å². The predicted octanol–water partition coefficient (Wildman–Crippen LogP) is 1.90. The third-order valence-corrected chi connectivity index (χ3v) is 5.07. The second-order valence-corrected chi connectivity index (χ2v) is 7.64. The lowest BCUT2D eigenvalue weighted by atomic mass is 10.3. The molecule has 0 aliphatic heterocycles. The maximum absolute atomic E-state index is 11.9. The largest absolute Gasteiger partial charge is 0.315 e. The van der Waals surface area contributed by atoms with Crippen LogP contribution in [-0.4, -0.2) is 31.7 Å². The molecule has 0 fully saturated rings. The first-order valence-electron chi connectivity index (χ1n) is 6.53. The third kappa shape index (κ3) is 7.00. The fourth-order valence-corrected chi connectivity index (χ4v) is 3.71. The van der Waals surface area contributed by atoms with Gasteiger partial charge in [-0.15, -0.1) is 11.3 Å². The molecule has 0 saturated heterocycles. The second-order valence-electron chi connectivity index (χ2n) is 4.84. The van der Waals surface area contributed by atoms with Crippen LogP contribution in [0.2, 0.25) is 0 Å². The van der Waals surface area contributed by atoms with Gasteiger partial charge >= 0.3 is 0 Å². The molecule has 1 aromatic heterocycles. The Morgan fingerprint density at radius 3 is 2.63 bits per heavy atom. The van der Waals surface area contributed by atoms with Crippen molar-refractivity contribution in [2.75, 3.05) is 12.3 Å². The monoisotopic (exact) mass is 305 g/mol. The van der Waals surface area contributed by atoms with Crippen LogP contribution in [0.1, 0.15) is 44.7 Å². The molecule has 1 aromatic rings. The summed E-state index contributed by atoms with van der Waals surface area (Å²) in [7, 11) is -3.22. The lowest BCUT2D eigenvalue weighted by molar-refractivity contribution is 0.549. The average Bonchev–Trinajstić information content (AvgIpc) is 2.80. The molecule has 0 spiro atoms. The zero-order chi connectivity index (χ0) is 14.3. The maximum Gasteiger partial charge on any atom is 0.212 e. The summed E-state index contributed by atoms with van der Waals surface area (Å²) < 4.78 is 26.4. The first-order chi connectivity index (χ1) is 8.91. The standard InChI is InChI=1S/C12H23N3O2S2/c1-10(2)13-6-4-5-9-19(16,17)15-11(3)12-14-7-8-18-12/h7-8,10-11,13,15H,4-6,9H2,1-3H3. The van der Waals surface area contributed by atoms with E-state index in [1.54, 1.807) is 6.20 Å². The normalized spacial score (nSPS) is 13.9. The molecule has 1 rings (SSSR count). The summed E-state index contributed by atoms with van der Waals surface area (Å²) in [5, 5.41) is 5.91. The molecule has 110 valence electrons. The number of rotatable bonds is 9. The van der Waals surface area contributed by atoms with Crippen molar-refractivity contribution in [2.24, 2.45) is 0 Å². The maximum atomic E-state index is 11.9. The van der Waals surface area contributed by atoms with Crippen molar-refractivity contribution in [2.45, 2.75) is 45.7 Å². The Hall–Kier alpha value is -0.500. The average molecular weight is 305 g/mol. The number of hydrogen-bond acceptors (Lipinski definition) is 5. The van der Waals surface area contributed by atoms with Gasteiger partial charge in [-0.1, -0.05) is 13.8 Å². The summed E-state index contributed by atoms with van der Waals surface area (Å²) in [5.74, 6) is 0.169. The van der Waals surface area contributed by atoms with E-state index in [2.05, 4.69) is 28.9 Å². The molecular weight excluding hydrogens is 282 g/mol. The summed E-state index contributed by atoms with van der Waals surface area (Å²) in [6, 6.07) is 0.193. The van der Waals surface area contributed by atoms with Crippen LogP contribution in [-0.2, 0) is 10.0 Å². The molecule has 1 unspecified atom stereocenters. The van der Waals surface area contributed by atoms with Gasteiger partial charge in [0.1, 0.15) is 5.01 Å². The number of nitrogens with one attached hydrogen (secondary N) is 2. The van der Waals surface area contributed by atoms with Gasteiger partial charge in [0.2, 0.25) is 10.0 Å². The van der Waals surface area contributed by atoms with Gasteiger partial charge in [0.25, 0.3) is 0 Å². The number of sulfonamides is 1.